The lowest BCUT2D eigenvalue weighted by atomic mass is 10.1. The van der Waals surface area contributed by atoms with E-state index in [2.05, 4.69) is 5.32 Å². The molecule has 0 fully saturated rings. The zero-order valence-corrected chi connectivity index (χ0v) is 14.9. The number of amides is 1. The predicted octanol–water partition coefficient (Wildman–Crippen LogP) is 3.09. The van der Waals surface area contributed by atoms with Crippen molar-refractivity contribution in [3.05, 3.63) is 65.5 Å². The number of halogens is 1. The van der Waals surface area contributed by atoms with Gasteiger partial charge in [-0.05, 0) is 36.8 Å². The van der Waals surface area contributed by atoms with E-state index in [4.69, 9.17) is 9.84 Å². The Bertz CT molecular complexity index is 661. The van der Waals surface area contributed by atoms with Crippen LogP contribution in [-0.4, -0.2) is 36.5 Å². The number of nitrogens with one attached hydrogen (secondary N) is 1. The molecule has 2 aromatic carbocycles. The molecule has 0 radical (unpaired) electrons. The lowest BCUT2D eigenvalue weighted by molar-refractivity contribution is -0.119. The van der Waals surface area contributed by atoms with Gasteiger partial charge in [-0.15, -0.1) is 11.8 Å². The highest BCUT2D eigenvalue weighted by Gasteiger charge is 2.13. The van der Waals surface area contributed by atoms with Crippen molar-refractivity contribution in [2.75, 3.05) is 25.5 Å². The molecule has 0 aliphatic rings. The van der Waals surface area contributed by atoms with Gasteiger partial charge in [-0.2, -0.15) is 0 Å². The Balaban J connectivity index is 1.84. The molecule has 25 heavy (non-hydrogen) atoms. The van der Waals surface area contributed by atoms with Gasteiger partial charge in [0.1, 0.15) is 5.82 Å². The Labute approximate surface area is 151 Å². The van der Waals surface area contributed by atoms with Crippen molar-refractivity contribution in [2.45, 2.75) is 17.9 Å². The van der Waals surface area contributed by atoms with Crippen LogP contribution >= 0.6 is 11.8 Å². The van der Waals surface area contributed by atoms with Crippen LogP contribution < -0.4 is 5.32 Å². The molecule has 2 aromatic rings. The van der Waals surface area contributed by atoms with Crippen molar-refractivity contribution < 1.29 is 19.0 Å². The number of thioether (sulfide) groups is 1. The topological polar surface area (TPSA) is 58.6 Å². The number of aliphatic hydroxyl groups excluding tert-OH is 1. The molecule has 0 heterocycles. The van der Waals surface area contributed by atoms with E-state index in [1.165, 1.54) is 23.9 Å². The van der Waals surface area contributed by atoms with Gasteiger partial charge >= 0.3 is 0 Å². The van der Waals surface area contributed by atoms with Gasteiger partial charge in [-0.3, -0.25) is 4.79 Å². The van der Waals surface area contributed by atoms with Crippen LogP contribution in [0.15, 0.2) is 53.4 Å². The molecule has 4 nitrogen and oxygen atoms in total. The first-order valence-corrected chi connectivity index (χ1v) is 9.01. The Hall–Kier alpha value is -1.89. The first kappa shape index (κ1) is 19.4. The van der Waals surface area contributed by atoms with Crippen LogP contribution in [0.2, 0.25) is 0 Å². The summed E-state index contributed by atoms with van der Waals surface area (Å²) in [4.78, 5) is 12.9. The smallest absolute Gasteiger partial charge is 0.230 e. The number of benzene rings is 2. The summed E-state index contributed by atoms with van der Waals surface area (Å²) in [6.07, 6.45) is -0.312. The number of rotatable bonds is 9. The Kier molecular flexibility index (Phi) is 7.91. The molecule has 0 aliphatic carbocycles. The maximum atomic E-state index is 12.9. The molecule has 0 bridgehead atoms. The van der Waals surface area contributed by atoms with Gasteiger partial charge in [-0.25, -0.2) is 4.39 Å². The maximum absolute atomic E-state index is 12.9. The second-order valence-electron chi connectivity index (χ2n) is 5.54. The van der Waals surface area contributed by atoms with Crippen molar-refractivity contribution in [3.63, 3.8) is 0 Å². The van der Waals surface area contributed by atoms with Crippen LogP contribution in [0.3, 0.4) is 0 Å². The Morgan fingerprint density at radius 2 is 1.88 bits per heavy atom. The van der Waals surface area contributed by atoms with Gasteiger partial charge in [0.05, 0.1) is 25.1 Å². The Morgan fingerprint density at radius 3 is 2.52 bits per heavy atom. The van der Waals surface area contributed by atoms with E-state index >= 15 is 0 Å². The molecule has 0 unspecified atom stereocenters. The number of ether oxygens (including phenoxy) is 1. The third-order valence-electron chi connectivity index (χ3n) is 3.53. The van der Waals surface area contributed by atoms with Crippen LogP contribution in [0, 0.1) is 12.7 Å². The largest absolute Gasteiger partial charge is 0.394 e. The molecule has 0 spiro atoms. The lowest BCUT2D eigenvalue weighted by Gasteiger charge is -2.19. The second-order valence-corrected chi connectivity index (χ2v) is 6.59. The molecule has 6 heteroatoms. The van der Waals surface area contributed by atoms with E-state index in [9.17, 15) is 9.18 Å². The highest BCUT2D eigenvalue weighted by Crippen LogP contribution is 2.19. The number of carbonyl (C=O) groups is 1. The first-order valence-electron chi connectivity index (χ1n) is 8.02. The van der Waals surface area contributed by atoms with Crippen LogP contribution in [0.5, 0.6) is 0 Å². The third-order valence-corrected chi connectivity index (χ3v) is 4.54. The van der Waals surface area contributed by atoms with Gasteiger partial charge in [0, 0.05) is 11.4 Å². The zero-order valence-electron chi connectivity index (χ0n) is 14.1. The minimum absolute atomic E-state index is 0.0727. The molecule has 0 saturated carbocycles. The summed E-state index contributed by atoms with van der Waals surface area (Å²) in [5, 5.41) is 11.8. The van der Waals surface area contributed by atoms with Crippen molar-refractivity contribution >= 4 is 17.7 Å². The van der Waals surface area contributed by atoms with E-state index in [0.717, 1.165) is 16.0 Å². The molecule has 2 N–H and O–H groups in total. The minimum atomic E-state index is -0.312. The van der Waals surface area contributed by atoms with Crippen molar-refractivity contribution in [1.29, 1.82) is 0 Å². The van der Waals surface area contributed by atoms with Gasteiger partial charge in [-0.1, -0.05) is 29.8 Å². The molecule has 0 aromatic heterocycles. The summed E-state index contributed by atoms with van der Waals surface area (Å²) >= 11 is 1.35. The molecule has 1 amide bonds. The SMILES string of the molecule is Cc1ccc([C@@H](CNC(=O)CSc2ccc(F)cc2)OCCO)cc1. The van der Waals surface area contributed by atoms with E-state index in [0.29, 0.717) is 6.54 Å². The van der Waals surface area contributed by atoms with Crippen molar-refractivity contribution in [1.82, 2.24) is 5.32 Å². The molecule has 2 rings (SSSR count). The number of aliphatic hydroxyl groups is 1. The average molecular weight is 363 g/mol. The fourth-order valence-corrected chi connectivity index (χ4v) is 2.91. The summed E-state index contributed by atoms with van der Waals surface area (Å²) in [6, 6.07) is 13.9. The number of aryl methyl sites for hydroxylation is 1. The highest BCUT2D eigenvalue weighted by molar-refractivity contribution is 8.00. The summed E-state index contributed by atoms with van der Waals surface area (Å²) in [6.45, 7) is 2.46. The summed E-state index contributed by atoms with van der Waals surface area (Å²) in [7, 11) is 0. The average Bonchev–Trinajstić information content (AvgIpc) is 2.62. The van der Waals surface area contributed by atoms with E-state index in [1.807, 2.05) is 31.2 Å². The normalized spacial score (nSPS) is 12.0. The fourth-order valence-electron chi connectivity index (χ4n) is 2.19. The molecule has 134 valence electrons. The number of hydrogen-bond acceptors (Lipinski definition) is 4. The van der Waals surface area contributed by atoms with Crippen molar-refractivity contribution in [2.24, 2.45) is 0 Å². The van der Waals surface area contributed by atoms with Gasteiger partial charge in [0.25, 0.3) is 0 Å². The van der Waals surface area contributed by atoms with Crippen LogP contribution in [0.25, 0.3) is 0 Å². The van der Waals surface area contributed by atoms with E-state index < -0.39 is 0 Å². The van der Waals surface area contributed by atoms with Crippen LogP contribution in [-0.2, 0) is 9.53 Å². The third kappa shape index (κ3) is 6.86. The lowest BCUT2D eigenvalue weighted by Crippen LogP contribution is -2.31. The van der Waals surface area contributed by atoms with Crippen molar-refractivity contribution in [3.8, 4) is 0 Å². The summed E-state index contributed by atoms with van der Waals surface area (Å²) in [5.41, 5.74) is 2.09. The van der Waals surface area contributed by atoms with E-state index in [-0.39, 0.29) is 36.8 Å². The summed E-state index contributed by atoms with van der Waals surface area (Å²) < 4.78 is 18.5. The Morgan fingerprint density at radius 1 is 1.20 bits per heavy atom. The van der Waals surface area contributed by atoms with Crippen LogP contribution in [0.4, 0.5) is 4.39 Å². The van der Waals surface area contributed by atoms with E-state index in [1.54, 1.807) is 12.1 Å². The quantitative estimate of drug-likeness (QED) is 0.672. The molecular weight excluding hydrogens is 341 g/mol. The second kappa shape index (κ2) is 10.2. The maximum Gasteiger partial charge on any atom is 0.230 e. The summed E-state index contributed by atoms with van der Waals surface area (Å²) in [5.74, 6) is -0.179. The molecule has 0 saturated heterocycles. The molecule has 0 aliphatic heterocycles. The monoisotopic (exact) mass is 363 g/mol. The molecular formula is C19H22FNO3S. The van der Waals surface area contributed by atoms with Gasteiger partial charge in [0.2, 0.25) is 5.91 Å². The molecule has 1 atom stereocenters. The minimum Gasteiger partial charge on any atom is -0.394 e. The number of hydrogen-bond donors (Lipinski definition) is 2. The fraction of sp³-hybridized carbons (Fsp3) is 0.316. The predicted molar refractivity (Wildman–Crippen MR) is 97.1 cm³/mol. The zero-order chi connectivity index (χ0) is 18.1. The van der Waals surface area contributed by atoms with Gasteiger partial charge in [0.15, 0.2) is 0 Å². The number of carbonyl (C=O) groups excluding carboxylic acids is 1. The van der Waals surface area contributed by atoms with Crippen LogP contribution in [0.1, 0.15) is 17.2 Å². The highest BCUT2D eigenvalue weighted by atomic mass is 32.2. The van der Waals surface area contributed by atoms with Gasteiger partial charge < -0.3 is 15.2 Å². The first-order chi connectivity index (χ1) is 12.1. The standard InChI is InChI=1S/C19H22FNO3S/c1-14-2-4-15(5-3-14)18(24-11-10-22)12-21-19(23)13-25-17-8-6-16(20)7-9-17/h2-9,18,22H,10-13H2,1H3,(H,21,23)/t18-/m1/s1.